The Morgan fingerprint density at radius 2 is 2.40 bits per heavy atom. The zero-order chi connectivity index (χ0) is 10.8. The highest BCUT2D eigenvalue weighted by atomic mass is 32.1. The molecule has 0 aliphatic heterocycles. The topological polar surface area (TPSA) is 59.2 Å². The third kappa shape index (κ3) is 1.78. The number of ether oxygens (including phenoxy) is 1. The second-order valence-corrected chi connectivity index (χ2v) is 3.88. The lowest BCUT2D eigenvalue weighted by Gasteiger charge is -2.00. The molecule has 15 heavy (non-hydrogen) atoms. The van der Waals surface area contributed by atoms with Gasteiger partial charge in [-0.25, -0.2) is 4.79 Å². The largest absolute Gasteiger partial charge is 0.462 e. The molecule has 0 fully saturated rings. The molecular weight excluding hydrogens is 214 g/mol. The van der Waals surface area contributed by atoms with Crippen molar-refractivity contribution >= 4 is 27.5 Å². The quantitative estimate of drug-likeness (QED) is 0.789. The molecule has 5 heteroatoms. The molecule has 2 rings (SSSR count). The van der Waals surface area contributed by atoms with Gasteiger partial charge in [0.2, 0.25) is 0 Å². The fourth-order valence-electron chi connectivity index (χ4n) is 1.28. The van der Waals surface area contributed by atoms with Crippen molar-refractivity contribution in [3.05, 3.63) is 33.4 Å². The lowest BCUT2D eigenvalue weighted by Crippen LogP contribution is -2.19. The molecule has 4 nitrogen and oxygen atoms in total. The van der Waals surface area contributed by atoms with Crippen LogP contribution < -0.4 is 5.56 Å². The van der Waals surface area contributed by atoms with Crippen LogP contribution in [0.2, 0.25) is 0 Å². The van der Waals surface area contributed by atoms with Crippen LogP contribution in [0.5, 0.6) is 0 Å². The Labute approximate surface area is 89.5 Å². The van der Waals surface area contributed by atoms with E-state index in [2.05, 4.69) is 4.98 Å². The summed E-state index contributed by atoms with van der Waals surface area (Å²) >= 11 is 1.47. The summed E-state index contributed by atoms with van der Waals surface area (Å²) in [5.41, 5.74) is 0.407. The number of hydrogen-bond donors (Lipinski definition) is 1. The molecule has 0 aliphatic rings. The minimum Gasteiger partial charge on any atom is -0.462 e. The van der Waals surface area contributed by atoms with Gasteiger partial charge < -0.3 is 9.72 Å². The van der Waals surface area contributed by atoms with E-state index >= 15 is 0 Å². The first-order valence-electron chi connectivity index (χ1n) is 4.50. The molecule has 0 saturated heterocycles. The van der Waals surface area contributed by atoms with Crippen molar-refractivity contribution in [1.29, 1.82) is 0 Å². The van der Waals surface area contributed by atoms with Gasteiger partial charge in [0, 0.05) is 0 Å². The Morgan fingerprint density at radius 3 is 3.13 bits per heavy atom. The van der Waals surface area contributed by atoms with Crippen LogP contribution in [0.25, 0.3) is 10.2 Å². The maximum absolute atomic E-state index is 11.5. The van der Waals surface area contributed by atoms with Crippen molar-refractivity contribution < 1.29 is 9.53 Å². The standard InChI is InChI=1S/C10H9NO3S/c1-2-14-10(13)6-5-8-7(3-4-15-8)11-9(6)12/h3-5H,2H2,1H3,(H,11,12). The number of aromatic amines is 1. The molecule has 0 radical (unpaired) electrons. The SMILES string of the molecule is CCOC(=O)c1cc2sccc2[nH]c1=O. The van der Waals surface area contributed by atoms with Crippen LogP contribution in [0.1, 0.15) is 17.3 Å². The molecule has 2 aromatic heterocycles. The van der Waals surface area contributed by atoms with E-state index in [4.69, 9.17) is 4.74 Å². The van der Waals surface area contributed by atoms with E-state index < -0.39 is 11.5 Å². The number of hydrogen-bond acceptors (Lipinski definition) is 4. The van der Waals surface area contributed by atoms with Crippen molar-refractivity contribution in [2.24, 2.45) is 0 Å². The predicted octanol–water partition coefficient (Wildman–Crippen LogP) is 1.77. The van der Waals surface area contributed by atoms with E-state index in [-0.39, 0.29) is 12.2 Å². The van der Waals surface area contributed by atoms with Crippen molar-refractivity contribution in [2.45, 2.75) is 6.92 Å². The van der Waals surface area contributed by atoms with Gasteiger partial charge in [-0.15, -0.1) is 11.3 Å². The minimum atomic E-state index is -0.575. The van der Waals surface area contributed by atoms with E-state index in [1.54, 1.807) is 19.1 Å². The first-order valence-corrected chi connectivity index (χ1v) is 5.38. The van der Waals surface area contributed by atoms with Gasteiger partial charge in [0.25, 0.3) is 5.56 Å². The second kappa shape index (κ2) is 3.86. The van der Waals surface area contributed by atoms with Gasteiger partial charge in [-0.2, -0.15) is 0 Å². The Balaban J connectivity index is 2.55. The van der Waals surface area contributed by atoms with Gasteiger partial charge in [-0.05, 0) is 24.4 Å². The van der Waals surface area contributed by atoms with Crippen molar-refractivity contribution in [3.63, 3.8) is 0 Å². The molecule has 0 spiro atoms. The highest BCUT2D eigenvalue weighted by Gasteiger charge is 2.12. The molecule has 0 atom stereocenters. The Hall–Kier alpha value is -1.62. The van der Waals surface area contributed by atoms with Gasteiger partial charge in [0.05, 0.1) is 16.8 Å². The summed E-state index contributed by atoms with van der Waals surface area (Å²) in [7, 11) is 0. The number of rotatable bonds is 2. The van der Waals surface area contributed by atoms with E-state index in [1.165, 1.54) is 11.3 Å². The number of esters is 1. The number of carbonyl (C=O) groups excluding carboxylic acids is 1. The fourth-order valence-corrected chi connectivity index (χ4v) is 2.07. The van der Waals surface area contributed by atoms with E-state index in [1.807, 2.05) is 5.38 Å². The highest BCUT2D eigenvalue weighted by Crippen LogP contribution is 2.17. The number of aromatic nitrogens is 1. The molecule has 1 N–H and O–H groups in total. The average molecular weight is 223 g/mol. The van der Waals surface area contributed by atoms with Gasteiger partial charge in [-0.3, -0.25) is 4.79 Å². The highest BCUT2D eigenvalue weighted by molar-refractivity contribution is 7.17. The first-order chi connectivity index (χ1) is 7.22. The third-order valence-corrected chi connectivity index (χ3v) is 2.82. The van der Waals surface area contributed by atoms with E-state index in [9.17, 15) is 9.59 Å². The Kier molecular flexibility index (Phi) is 2.55. The molecule has 2 heterocycles. The van der Waals surface area contributed by atoms with Crippen LogP contribution in [0, 0.1) is 0 Å². The fraction of sp³-hybridized carbons (Fsp3) is 0.200. The minimum absolute atomic E-state index is 0.0619. The van der Waals surface area contributed by atoms with Gasteiger partial charge in [-0.1, -0.05) is 0 Å². The van der Waals surface area contributed by atoms with Crippen LogP contribution in [-0.2, 0) is 4.74 Å². The molecule has 0 amide bonds. The zero-order valence-corrected chi connectivity index (χ0v) is 8.89. The first kappa shape index (κ1) is 9.92. The molecule has 0 aromatic carbocycles. The van der Waals surface area contributed by atoms with Crippen LogP contribution in [0.3, 0.4) is 0 Å². The van der Waals surface area contributed by atoms with E-state index in [0.717, 1.165) is 10.2 Å². The maximum Gasteiger partial charge on any atom is 0.343 e. The van der Waals surface area contributed by atoms with Gasteiger partial charge in [0.15, 0.2) is 0 Å². The van der Waals surface area contributed by atoms with Crippen molar-refractivity contribution in [2.75, 3.05) is 6.61 Å². The smallest absolute Gasteiger partial charge is 0.343 e. The van der Waals surface area contributed by atoms with Gasteiger partial charge in [0.1, 0.15) is 5.56 Å². The van der Waals surface area contributed by atoms with Crippen LogP contribution in [0.15, 0.2) is 22.3 Å². The van der Waals surface area contributed by atoms with Crippen molar-refractivity contribution in [1.82, 2.24) is 4.98 Å². The summed E-state index contributed by atoms with van der Waals surface area (Å²) in [5, 5.41) is 1.86. The normalized spacial score (nSPS) is 10.5. The summed E-state index contributed by atoms with van der Waals surface area (Å²) in [6, 6.07) is 3.37. The molecular formula is C10H9NO3S. The second-order valence-electron chi connectivity index (χ2n) is 2.93. The Bertz CT molecular complexity index is 555. The molecule has 0 bridgehead atoms. The van der Waals surface area contributed by atoms with Gasteiger partial charge >= 0.3 is 5.97 Å². The summed E-state index contributed by atoms with van der Waals surface area (Å²) < 4.78 is 5.65. The molecule has 0 unspecified atom stereocenters. The monoisotopic (exact) mass is 223 g/mol. The van der Waals surface area contributed by atoms with Crippen molar-refractivity contribution in [3.8, 4) is 0 Å². The number of thiophene rings is 1. The Morgan fingerprint density at radius 1 is 1.60 bits per heavy atom. The number of carbonyl (C=O) groups is 1. The molecule has 0 aliphatic carbocycles. The average Bonchev–Trinajstić information content (AvgIpc) is 2.63. The summed E-state index contributed by atoms with van der Waals surface area (Å²) in [4.78, 5) is 25.5. The third-order valence-electron chi connectivity index (χ3n) is 1.96. The molecule has 2 aromatic rings. The molecule has 0 saturated carbocycles. The zero-order valence-electron chi connectivity index (χ0n) is 8.07. The summed E-state index contributed by atoms with van der Waals surface area (Å²) in [6.07, 6.45) is 0. The lowest BCUT2D eigenvalue weighted by atomic mass is 10.2. The van der Waals surface area contributed by atoms with E-state index in [0.29, 0.717) is 0 Å². The number of pyridine rings is 1. The van der Waals surface area contributed by atoms with Crippen LogP contribution in [0.4, 0.5) is 0 Å². The maximum atomic E-state index is 11.5. The number of nitrogens with one attached hydrogen (secondary N) is 1. The number of H-pyrrole nitrogens is 1. The predicted molar refractivity (Wildman–Crippen MR) is 58.4 cm³/mol. The number of fused-ring (bicyclic) bond motifs is 1. The summed E-state index contributed by atoms with van der Waals surface area (Å²) in [5.74, 6) is -0.575. The van der Waals surface area contributed by atoms with Crippen LogP contribution in [-0.4, -0.2) is 17.6 Å². The lowest BCUT2D eigenvalue weighted by molar-refractivity contribution is 0.0524. The molecule has 78 valence electrons. The summed E-state index contributed by atoms with van der Waals surface area (Å²) in [6.45, 7) is 1.97. The van der Waals surface area contributed by atoms with Crippen LogP contribution >= 0.6 is 11.3 Å².